The Kier molecular flexibility index (Phi) is 4.89. The van der Waals surface area contributed by atoms with Gasteiger partial charge in [-0.3, -0.25) is 4.79 Å². The van der Waals surface area contributed by atoms with Crippen molar-refractivity contribution >= 4 is 11.9 Å². The Labute approximate surface area is 135 Å². The molecular weight excluding hydrogens is 292 g/mol. The number of rotatable bonds is 5. The molecule has 0 spiro atoms. The molecule has 2 rings (SSSR count). The van der Waals surface area contributed by atoms with Crippen LogP contribution in [-0.2, 0) is 4.79 Å². The molecule has 0 bridgehead atoms. The number of para-hydroxylation sites is 1. The molecule has 5 nitrogen and oxygen atoms in total. The van der Waals surface area contributed by atoms with Gasteiger partial charge in [0.05, 0.1) is 5.56 Å². The molecule has 1 amide bonds. The zero-order chi connectivity index (χ0) is 17.1. The van der Waals surface area contributed by atoms with Crippen LogP contribution in [0.2, 0.25) is 0 Å². The van der Waals surface area contributed by atoms with Gasteiger partial charge in [0.1, 0.15) is 6.04 Å². The zero-order valence-corrected chi connectivity index (χ0v) is 13.8. The molecule has 1 atom stereocenters. The van der Waals surface area contributed by atoms with E-state index in [0.717, 1.165) is 17.1 Å². The Morgan fingerprint density at radius 1 is 1.13 bits per heavy atom. The third-order valence-electron chi connectivity index (χ3n) is 3.91. The van der Waals surface area contributed by atoms with Crippen LogP contribution >= 0.6 is 0 Å². The third kappa shape index (κ3) is 3.44. The monoisotopic (exact) mass is 314 g/mol. The lowest BCUT2D eigenvalue weighted by atomic mass is 10.0. The van der Waals surface area contributed by atoms with Crippen LogP contribution in [0.25, 0.3) is 5.69 Å². The number of aromatic nitrogens is 1. The molecule has 1 aromatic heterocycles. The number of hydrogen-bond acceptors (Lipinski definition) is 2. The van der Waals surface area contributed by atoms with Gasteiger partial charge >= 0.3 is 5.97 Å². The Morgan fingerprint density at radius 2 is 1.74 bits per heavy atom. The van der Waals surface area contributed by atoms with Gasteiger partial charge in [0.25, 0.3) is 5.91 Å². The van der Waals surface area contributed by atoms with E-state index in [2.05, 4.69) is 5.32 Å². The predicted octanol–water partition coefficient (Wildman–Crippen LogP) is 2.93. The lowest BCUT2D eigenvalue weighted by Crippen LogP contribution is -2.44. The quantitative estimate of drug-likeness (QED) is 0.891. The predicted molar refractivity (Wildman–Crippen MR) is 89.0 cm³/mol. The van der Waals surface area contributed by atoms with Crippen LogP contribution in [0, 0.1) is 19.8 Å². The minimum atomic E-state index is -1.02. The molecule has 122 valence electrons. The van der Waals surface area contributed by atoms with Crippen molar-refractivity contribution in [1.82, 2.24) is 9.88 Å². The summed E-state index contributed by atoms with van der Waals surface area (Å²) in [6.07, 6.45) is 0. The van der Waals surface area contributed by atoms with Crippen molar-refractivity contribution < 1.29 is 14.7 Å². The summed E-state index contributed by atoms with van der Waals surface area (Å²) >= 11 is 0. The van der Waals surface area contributed by atoms with E-state index < -0.39 is 12.0 Å². The Morgan fingerprint density at radius 3 is 2.26 bits per heavy atom. The van der Waals surface area contributed by atoms with Gasteiger partial charge in [-0.1, -0.05) is 32.0 Å². The summed E-state index contributed by atoms with van der Waals surface area (Å²) < 4.78 is 1.99. The number of nitrogens with one attached hydrogen (secondary N) is 1. The fraction of sp³-hybridized carbons (Fsp3) is 0.333. The number of carboxylic acids is 1. The molecular formula is C18H22N2O3. The second kappa shape index (κ2) is 6.69. The molecule has 0 aliphatic carbocycles. The van der Waals surface area contributed by atoms with Crippen molar-refractivity contribution in [3.8, 4) is 5.69 Å². The highest BCUT2D eigenvalue weighted by atomic mass is 16.4. The molecule has 2 aromatic rings. The summed E-state index contributed by atoms with van der Waals surface area (Å²) in [6.45, 7) is 7.33. The normalized spacial score (nSPS) is 12.2. The summed E-state index contributed by atoms with van der Waals surface area (Å²) in [6, 6.07) is 10.6. The molecule has 1 aromatic carbocycles. The smallest absolute Gasteiger partial charge is 0.326 e. The Balaban J connectivity index is 2.35. The highest BCUT2D eigenvalue weighted by molar-refractivity contribution is 5.98. The first-order valence-electron chi connectivity index (χ1n) is 7.61. The molecule has 0 fully saturated rings. The highest BCUT2D eigenvalue weighted by Gasteiger charge is 2.26. The van der Waals surface area contributed by atoms with Crippen molar-refractivity contribution in [2.24, 2.45) is 5.92 Å². The lowest BCUT2D eigenvalue weighted by molar-refractivity contribution is -0.140. The Bertz CT molecular complexity index is 717. The minimum Gasteiger partial charge on any atom is -0.480 e. The van der Waals surface area contributed by atoms with Gasteiger partial charge in [-0.15, -0.1) is 0 Å². The van der Waals surface area contributed by atoms with Gasteiger partial charge in [-0.25, -0.2) is 4.79 Å². The van der Waals surface area contributed by atoms with Crippen LogP contribution in [0.15, 0.2) is 36.4 Å². The van der Waals surface area contributed by atoms with E-state index >= 15 is 0 Å². The van der Waals surface area contributed by atoms with Crippen LogP contribution in [0.5, 0.6) is 0 Å². The van der Waals surface area contributed by atoms with Crippen molar-refractivity contribution in [3.05, 3.63) is 53.3 Å². The third-order valence-corrected chi connectivity index (χ3v) is 3.91. The van der Waals surface area contributed by atoms with Crippen LogP contribution < -0.4 is 5.32 Å². The molecule has 5 heteroatoms. The standard InChI is InChI=1S/C18H22N2O3/c1-11(2)16(18(22)23)19-17(21)15-10-12(3)20(13(15)4)14-8-6-5-7-9-14/h5-11,16H,1-4H3,(H,19,21)(H,22,23)/t16-/m0/s1. The number of aryl methyl sites for hydroxylation is 1. The van der Waals surface area contributed by atoms with E-state index in [4.69, 9.17) is 0 Å². The molecule has 2 N–H and O–H groups in total. The maximum atomic E-state index is 12.5. The molecule has 1 heterocycles. The van der Waals surface area contributed by atoms with Crippen LogP contribution in [-0.4, -0.2) is 27.6 Å². The largest absolute Gasteiger partial charge is 0.480 e. The highest BCUT2D eigenvalue weighted by Crippen LogP contribution is 2.21. The topological polar surface area (TPSA) is 71.3 Å². The summed E-state index contributed by atoms with van der Waals surface area (Å²) in [5.74, 6) is -1.57. The van der Waals surface area contributed by atoms with Crippen molar-refractivity contribution in [2.45, 2.75) is 33.7 Å². The van der Waals surface area contributed by atoms with Crippen molar-refractivity contribution in [1.29, 1.82) is 0 Å². The molecule has 0 radical (unpaired) electrons. The number of carbonyl (C=O) groups is 2. The summed E-state index contributed by atoms with van der Waals surface area (Å²) in [5.41, 5.74) is 3.19. The molecule has 0 saturated heterocycles. The fourth-order valence-corrected chi connectivity index (χ4v) is 2.70. The number of benzene rings is 1. The molecule has 0 saturated carbocycles. The van der Waals surface area contributed by atoms with Gasteiger partial charge in [-0.05, 0) is 38.0 Å². The van der Waals surface area contributed by atoms with Gasteiger partial charge in [0, 0.05) is 17.1 Å². The summed E-state index contributed by atoms with van der Waals surface area (Å²) in [5, 5.41) is 11.8. The first kappa shape index (κ1) is 16.8. The number of aliphatic carboxylic acids is 1. The summed E-state index contributed by atoms with van der Waals surface area (Å²) in [7, 11) is 0. The SMILES string of the molecule is Cc1cc(C(=O)N[C@H](C(=O)O)C(C)C)c(C)n1-c1ccccc1. The van der Waals surface area contributed by atoms with E-state index in [-0.39, 0.29) is 11.8 Å². The molecule has 0 unspecified atom stereocenters. The first-order valence-corrected chi connectivity index (χ1v) is 7.61. The van der Waals surface area contributed by atoms with E-state index in [0.29, 0.717) is 5.56 Å². The van der Waals surface area contributed by atoms with Crippen molar-refractivity contribution in [2.75, 3.05) is 0 Å². The summed E-state index contributed by atoms with van der Waals surface area (Å²) in [4.78, 5) is 23.8. The van der Waals surface area contributed by atoms with Crippen LogP contribution in [0.4, 0.5) is 0 Å². The van der Waals surface area contributed by atoms with E-state index in [1.807, 2.05) is 48.7 Å². The van der Waals surface area contributed by atoms with Crippen LogP contribution in [0.3, 0.4) is 0 Å². The van der Waals surface area contributed by atoms with E-state index in [1.54, 1.807) is 19.9 Å². The van der Waals surface area contributed by atoms with Gasteiger partial charge in [0.2, 0.25) is 0 Å². The van der Waals surface area contributed by atoms with Gasteiger partial charge < -0.3 is 15.0 Å². The lowest BCUT2D eigenvalue weighted by Gasteiger charge is -2.18. The molecule has 0 aliphatic heterocycles. The molecule has 23 heavy (non-hydrogen) atoms. The number of nitrogens with zero attached hydrogens (tertiary/aromatic N) is 1. The number of carboxylic acid groups (broad SMARTS) is 1. The maximum absolute atomic E-state index is 12.5. The Hall–Kier alpha value is -2.56. The zero-order valence-electron chi connectivity index (χ0n) is 13.8. The number of hydrogen-bond donors (Lipinski definition) is 2. The van der Waals surface area contributed by atoms with Gasteiger partial charge in [0.15, 0.2) is 0 Å². The average Bonchev–Trinajstić information content (AvgIpc) is 2.79. The second-order valence-corrected chi connectivity index (χ2v) is 5.99. The second-order valence-electron chi connectivity index (χ2n) is 5.99. The number of carbonyl (C=O) groups excluding carboxylic acids is 1. The van der Waals surface area contributed by atoms with E-state index in [9.17, 15) is 14.7 Å². The van der Waals surface area contributed by atoms with Gasteiger partial charge in [-0.2, -0.15) is 0 Å². The first-order chi connectivity index (χ1) is 10.8. The minimum absolute atomic E-state index is 0.186. The maximum Gasteiger partial charge on any atom is 0.326 e. The molecule has 0 aliphatic rings. The fourth-order valence-electron chi connectivity index (χ4n) is 2.70. The number of amides is 1. The average molecular weight is 314 g/mol. The van der Waals surface area contributed by atoms with Crippen LogP contribution in [0.1, 0.15) is 35.6 Å². The van der Waals surface area contributed by atoms with Crippen molar-refractivity contribution in [3.63, 3.8) is 0 Å². The van der Waals surface area contributed by atoms with E-state index in [1.165, 1.54) is 0 Å².